The largest absolute Gasteiger partial charge is 0.422 e. The third kappa shape index (κ3) is 4.46. The molecule has 29 heavy (non-hydrogen) atoms. The van der Waals surface area contributed by atoms with Gasteiger partial charge in [-0.3, -0.25) is 0 Å². The van der Waals surface area contributed by atoms with Gasteiger partial charge in [-0.2, -0.15) is 0 Å². The standard InChI is InChI=1S/C26H24O2S/c1-2-3-8-17-29-25-16-15-24(22-11-6-7-12-23(22)25)28-26(27)21-14-13-19-9-4-5-10-20(19)18-21/h4-7,9-16,18H,2-3,8,17H2,1H3. The molecule has 4 aromatic rings. The second-order valence-corrected chi connectivity index (χ2v) is 8.25. The van der Waals surface area contributed by atoms with E-state index < -0.39 is 0 Å². The Morgan fingerprint density at radius 1 is 0.828 bits per heavy atom. The number of esters is 1. The van der Waals surface area contributed by atoms with Gasteiger partial charge < -0.3 is 4.74 Å². The van der Waals surface area contributed by atoms with Crippen molar-refractivity contribution in [2.75, 3.05) is 5.75 Å². The molecule has 4 rings (SSSR count). The van der Waals surface area contributed by atoms with Gasteiger partial charge in [0.1, 0.15) is 5.75 Å². The zero-order valence-electron chi connectivity index (χ0n) is 16.6. The van der Waals surface area contributed by atoms with Crippen LogP contribution >= 0.6 is 11.8 Å². The van der Waals surface area contributed by atoms with Crippen molar-refractivity contribution in [2.24, 2.45) is 0 Å². The molecule has 0 aliphatic rings. The average molecular weight is 401 g/mol. The summed E-state index contributed by atoms with van der Waals surface area (Å²) in [6, 6.07) is 25.8. The van der Waals surface area contributed by atoms with Gasteiger partial charge in [-0.15, -0.1) is 11.8 Å². The summed E-state index contributed by atoms with van der Waals surface area (Å²) in [5, 5.41) is 4.25. The zero-order chi connectivity index (χ0) is 20.1. The van der Waals surface area contributed by atoms with Gasteiger partial charge in [-0.25, -0.2) is 4.79 Å². The highest BCUT2D eigenvalue weighted by Crippen LogP contribution is 2.35. The molecule has 0 bridgehead atoms. The Kier molecular flexibility index (Phi) is 6.16. The van der Waals surface area contributed by atoms with E-state index in [1.807, 2.05) is 78.5 Å². The normalized spacial score (nSPS) is 11.1. The molecule has 0 fully saturated rings. The summed E-state index contributed by atoms with van der Waals surface area (Å²) in [5.41, 5.74) is 0.561. The first-order valence-corrected chi connectivity index (χ1v) is 11.1. The summed E-state index contributed by atoms with van der Waals surface area (Å²) in [6.45, 7) is 2.22. The van der Waals surface area contributed by atoms with Crippen LogP contribution in [0, 0.1) is 0 Å². The average Bonchev–Trinajstić information content (AvgIpc) is 2.77. The Balaban J connectivity index is 1.59. The number of hydrogen-bond donors (Lipinski definition) is 0. The molecular formula is C26H24O2S. The summed E-state index contributed by atoms with van der Waals surface area (Å²) in [5.74, 6) is 1.38. The number of carbonyl (C=O) groups excluding carboxylic acids is 1. The predicted molar refractivity (Wildman–Crippen MR) is 123 cm³/mol. The van der Waals surface area contributed by atoms with Crippen molar-refractivity contribution in [1.29, 1.82) is 0 Å². The smallest absolute Gasteiger partial charge is 0.343 e. The van der Waals surface area contributed by atoms with E-state index in [4.69, 9.17) is 4.74 Å². The molecule has 0 radical (unpaired) electrons. The number of ether oxygens (including phenoxy) is 1. The van der Waals surface area contributed by atoms with Crippen molar-refractivity contribution in [3.8, 4) is 5.75 Å². The van der Waals surface area contributed by atoms with Crippen LogP contribution in [0.2, 0.25) is 0 Å². The van der Waals surface area contributed by atoms with Gasteiger partial charge in [0.2, 0.25) is 0 Å². The molecule has 0 saturated heterocycles. The van der Waals surface area contributed by atoms with Crippen molar-refractivity contribution in [2.45, 2.75) is 31.1 Å². The minimum Gasteiger partial charge on any atom is -0.422 e. The number of hydrogen-bond acceptors (Lipinski definition) is 3. The molecule has 2 nitrogen and oxygen atoms in total. The van der Waals surface area contributed by atoms with E-state index in [1.54, 1.807) is 0 Å². The fourth-order valence-electron chi connectivity index (χ4n) is 3.47. The minimum absolute atomic E-state index is 0.329. The second kappa shape index (κ2) is 9.15. The Hall–Kier alpha value is -2.78. The molecule has 0 aliphatic carbocycles. The van der Waals surface area contributed by atoms with Gasteiger partial charge in [0.15, 0.2) is 0 Å². The first-order chi connectivity index (χ1) is 14.3. The zero-order valence-corrected chi connectivity index (χ0v) is 17.4. The maximum absolute atomic E-state index is 12.8. The number of benzene rings is 4. The summed E-state index contributed by atoms with van der Waals surface area (Å²) < 4.78 is 5.81. The van der Waals surface area contributed by atoms with Crippen LogP contribution in [-0.4, -0.2) is 11.7 Å². The number of thioether (sulfide) groups is 1. The molecule has 0 aliphatic heterocycles. The van der Waals surface area contributed by atoms with Crippen LogP contribution in [0.5, 0.6) is 5.75 Å². The lowest BCUT2D eigenvalue weighted by Crippen LogP contribution is -2.08. The van der Waals surface area contributed by atoms with E-state index in [9.17, 15) is 4.79 Å². The van der Waals surface area contributed by atoms with Crippen molar-refractivity contribution in [1.82, 2.24) is 0 Å². The van der Waals surface area contributed by atoms with Crippen LogP contribution in [0.3, 0.4) is 0 Å². The number of unbranched alkanes of at least 4 members (excludes halogenated alkanes) is 2. The minimum atomic E-state index is -0.329. The molecule has 0 saturated carbocycles. The Bertz CT molecular complexity index is 1150. The van der Waals surface area contributed by atoms with Crippen LogP contribution in [0.4, 0.5) is 0 Å². The summed E-state index contributed by atoms with van der Waals surface area (Å²) in [7, 11) is 0. The van der Waals surface area contributed by atoms with Crippen molar-refractivity contribution in [3.63, 3.8) is 0 Å². The SMILES string of the molecule is CCCCCSc1ccc(OC(=O)c2ccc3ccccc3c2)c2ccccc12. The topological polar surface area (TPSA) is 26.3 Å². The lowest BCUT2D eigenvalue weighted by molar-refractivity contribution is 0.0737. The van der Waals surface area contributed by atoms with Crippen molar-refractivity contribution in [3.05, 3.63) is 84.4 Å². The molecule has 0 heterocycles. The lowest BCUT2D eigenvalue weighted by Gasteiger charge is -2.12. The quantitative estimate of drug-likeness (QED) is 0.139. The third-order valence-corrected chi connectivity index (χ3v) is 6.20. The summed E-state index contributed by atoms with van der Waals surface area (Å²) in [6.07, 6.45) is 3.70. The maximum Gasteiger partial charge on any atom is 0.343 e. The van der Waals surface area contributed by atoms with E-state index >= 15 is 0 Å². The monoisotopic (exact) mass is 400 g/mol. The van der Waals surface area contributed by atoms with Crippen LogP contribution in [0.1, 0.15) is 36.5 Å². The first-order valence-electron chi connectivity index (χ1n) is 10.1. The molecule has 0 unspecified atom stereocenters. The summed E-state index contributed by atoms with van der Waals surface area (Å²) >= 11 is 1.87. The Labute approximate surface area is 175 Å². The van der Waals surface area contributed by atoms with E-state index in [-0.39, 0.29) is 5.97 Å². The van der Waals surface area contributed by atoms with Crippen LogP contribution in [-0.2, 0) is 0 Å². The van der Waals surface area contributed by atoms with Gasteiger partial charge in [-0.1, -0.05) is 74.4 Å². The number of fused-ring (bicyclic) bond motifs is 2. The van der Waals surface area contributed by atoms with Crippen molar-refractivity contribution < 1.29 is 9.53 Å². The van der Waals surface area contributed by atoms with Crippen LogP contribution in [0.15, 0.2) is 83.8 Å². The van der Waals surface area contributed by atoms with Gasteiger partial charge in [0.05, 0.1) is 5.56 Å². The van der Waals surface area contributed by atoms with Crippen LogP contribution < -0.4 is 4.74 Å². The second-order valence-electron chi connectivity index (χ2n) is 7.11. The molecular weight excluding hydrogens is 376 g/mol. The van der Waals surface area contributed by atoms with Gasteiger partial charge in [-0.05, 0) is 52.6 Å². The van der Waals surface area contributed by atoms with Gasteiger partial charge in [0, 0.05) is 10.3 Å². The highest BCUT2D eigenvalue weighted by molar-refractivity contribution is 7.99. The predicted octanol–water partition coefficient (Wildman–Crippen LogP) is 7.49. The van der Waals surface area contributed by atoms with E-state index in [0.29, 0.717) is 11.3 Å². The molecule has 0 amide bonds. The maximum atomic E-state index is 12.8. The molecule has 0 aromatic heterocycles. The Morgan fingerprint density at radius 2 is 1.59 bits per heavy atom. The third-order valence-electron chi connectivity index (χ3n) is 5.04. The van der Waals surface area contributed by atoms with E-state index in [2.05, 4.69) is 19.1 Å². The molecule has 146 valence electrons. The van der Waals surface area contributed by atoms with E-state index in [0.717, 1.165) is 27.3 Å². The van der Waals surface area contributed by atoms with Crippen molar-refractivity contribution >= 4 is 39.3 Å². The molecule has 3 heteroatoms. The first kappa shape index (κ1) is 19.5. The number of rotatable bonds is 7. The molecule has 4 aromatic carbocycles. The molecule has 0 N–H and O–H groups in total. The van der Waals surface area contributed by atoms with Gasteiger partial charge in [0.25, 0.3) is 0 Å². The highest BCUT2D eigenvalue weighted by Gasteiger charge is 2.13. The molecule has 0 spiro atoms. The fraction of sp³-hybridized carbons (Fsp3) is 0.192. The summed E-state index contributed by atoms with van der Waals surface area (Å²) in [4.78, 5) is 14.0. The fourth-order valence-corrected chi connectivity index (χ4v) is 4.53. The highest BCUT2D eigenvalue weighted by atomic mass is 32.2. The lowest BCUT2D eigenvalue weighted by atomic mass is 10.1. The Morgan fingerprint density at radius 3 is 2.41 bits per heavy atom. The van der Waals surface area contributed by atoms with Gasteiger partial charge >= 0.3 is 5.97 Å². The number of carbonyl (C=O) groups is 1. The van der Waals surface area contributed by atoms with E-state index in [1.165, 1.54) is 24.2 Å². The molecule has 0 atom stereocenters. The van der Waals surface area contributed by atoms with Crippen LogP contribution in [0.25, 0.3) is 21.5 Å².